The number of amides is 1. The minimum absolute atomic E-state index is 0.193. The number of thioether (sulfide) groups is 1. The lowest BCUT2D eigenvalue weighted by Crippen LogP contribution is -2.25. The molecule has 0 aliphatic rings. The van der Waals surface area contributed by atoms with Crippen molar-refractivity contribution in [3.05, 3.63) is 71.0 Å². The highest BCUT2D eigenvalue weighted by molar-refractivity contribution is 8.00. The average molecular weight is 397 g/mol. The molecular weight excluding hydrogens is 378 g/mol. The number of rotatable bonds is 7. The van der Waals surface area contributed by atoms with Gasteiger partial charge in [0.1, 0.15) is 11.5 Å². The van der Waals surface area contributed by atoms with Gasteiger partial charge in [-0.15, -0.1) is 0 Å². The molecule has 1 aromatic heterocycles. The van der Waals surface area contributed by atoms with Crippen LogP contribution in [-0.2, 0) is 4.79 Å². The van der Waals surface area contributed by atoms with Crippen LogP contribution < -0.4 is 15.6 Å². The number of H-pyrrole nitrogens is 1. The maximum Gasteiger partial charge on any atom is 0.255 e. The number of aromatic amines is 1. The van der Waals surface area contributed by atoms with Gasteiger partial charge < -0.3 is 20.1 Å². The number of hydrogen-bond acceptors (Lipinski definition) is 6. The number of carbonyl (C=O) groups excluding carboxylic acids is 1. The van der Waals surface area contributed by atoms with E-state index in [9.17, 15) is 14.7 Å². The van der Waals surface area contributed by atoms with Gasteiger partial charge in [-0.2, -0.15) is 4.98 Å². The molecule has 0 aliphatic heterocycles. The molecule has 3 rings (SSSR count). The molecule has 3 N–H and O–H groups in total. The van der Waals surface area contributed by atoms with Crippen LogP contribution in [0.4, 0.5) is 5.69 Å². The van der Waals surface area contributed by atoms with Gasteiger partial charge in [0, 0.05) is 5.69 Å². The first-order chi connectivity index (χ1) is 13.5. The minimum Gasteiger partial charge on any atom is -0.493 e. The summed E-state index contributed by atoms with van der Waals surface area (Å²) in [5.74, 6) is 0.784. The predicted octanol–water partition coefficient (Wildman–Crippen LogP) is 3.78. The lowest BCUT2D eigenvalue weighted by atomic mass is 10.2. The van der Waals surface area contributed by atoms with Gasteiger partial charge >= 0.3 is 0 Å². The fourth-order valence-electron chi connectivity index (χ4n) is 2.39. The van der Waals surface area contributed by atoms with Gasteiger partial charge in [-0.05, 0) is 42.8 Å². The number of para-hydroxylation sites is 1. The lowest BCUT2D eigenvalue weighted by molar-refractivity contribution is -0.115. The molecule has 1 unspecified atom stereocenters. The van der Waals surface area contributed by atoms with Crippen LogP contribution >= 0.6 is 11.8 Å². The van der Waals surface area contributed by atoms with E-state index in [2.05, 4.69) is 15.3 Å². The Labute approximate surface area is 165 Å². The van der Waals surface area contributed by atoms with Crippen LogP contribution in [0.3, 0.4) is 0 Å². The molecule has 8 heteroatoms. The standard InChI is InChI=1S/C20H19N3O4S/c1-2-16(28-20-22-17(24)12-18(25)23-20)19(26)21-13-8-10-15(11-9-13)27-14-6-4-3-5-7-14/h3-12,16H,2H2,1H3,(H,21,26)(H2,22,23,24,25). The second-order valence-electron chi connectivity index (χ2n) is 5.85. The highest BCUT2D eigenvalue weighted by Gasteiger charge is 2.19. The number of nitrogens with one attached hydrogen (secondary N) is 2. The number of nitrogens with zero attached hydrogens (tertiary/aromatic N) is 1. The zero-order valence-electron chi connectivity index (χ0n) is 15.1. The molecular formula is C20H19N3O4S. The molecule has 0 spiro atoms. The Bertz CT molecular complexity index is 990. The number of carbonyl (C=O) groups is 1. The summed E-state index contributed by atoms with van der Waals surface area (Å²) in [6.07, 6.45) is 0.519. The quantitative estimate of drug-likeness (QED) is 0.414. The highest BCUT2D eigenvalue weighted by atomic mass is 32.2. The van der Waals surface area contributed by atoms with Gasteiger partial charge in [0.05, 0.1) is 11.3 Å². The van der Waals surface area contributed by atoms with Crippen LogP contribution in [0.1, 0.15) is 13.3 Å². The summed E-state index contributed by atoms with van der Waals surface area (Å²) in [6, 6.07) is 17.4. The molecule has 3 aromatic rings. The summed E-state index contributed by atoms with van der Waals surface area (Å²) >= 11 is 1.09. The van der Waals surface area contributed by atoms with Crippen molar-refractivity contribution in [2.24, 2.45) is 0 Å². The van der Waals surface area contributed by atoms with Crippen LogP contribution in [-0.4, -0.2) is 26.2 Å². The molecule has 0 saturated carbocycles. The first-order valence-electron chi connectivity index (χ1n) is 8.64. The van der Waals surface area contributed by atoms with E-state index in [4.69, 9.17) is 4.74 Å². The first-order valence-corrected chi connectivity index (χ1v) is 9.52. The fourth-order valence-corrected chi connectivity index (χ4v) is 3.30. The van der Waals surface area contributed by atoms with Gasteiger partial charge in [-0.25, -0.2) is 0 Å². The Balaban J connectivity index is 1.63. The topological polar surface area (TPSA) is 104 Å². The number of aromatic hydroxyl groups is 1. The summed E-state index contributed by atoms with van der Waals surface area (Å²) < 4.78 is 5.73. The average Bonchev–Trinajstić information content (AvgIpc) is 2.67. The van der Waals surface area contributed by atoms with E-state index in [1.165, 1.54) is 0 Å². The zero-order valence-corrected chi connectivity index (χ0v) is 15.9. The van der Waals surface area contributed by atoms with Crippen molar-refractivity contribution in [1.82, 2.24) is 9.97 Å². The van der Waals surface area contributed by atoms with Crippen LogP contribution in [0, 0.1) is 0 Å². The molecule has 28 heavy (non-hydrogen) atoms. The minimum atomic E-state index is -0.481. The number of benzene rings is 2. The first kappa shape index (κ1) is 19.5. The van der Waals surface area contributed by atoms with E-state index in [0.29, 0.717) is 17.9 Å². The van der Waals surface area contributed by atoms with Crippen LogP contribution in [0.15, 0.2) is 70.6 Å². The Hall–Kier alpha value is -3.26. The molecule has 0 radical (unpaired) electrons. The predicted molar refractivity (Wildman–Crippen MR) is 108 cm³/mol. The Morgan fingerprint density at radius 3 is 2.50 bits per heavy atom. The molecule has 0 saturated heterocycles. The van der Waals surface area contributed by atoms with Crippen molar-refractivity contribution >= 4 is 23.4 Å². The van der Waals surface area contributed by atoms with Crippen molar-refractivity contribution in [3.8, 4) is 17.4 Å². The molecule has 1 heterocycles. The molecule has 1 atom stereocenters. The van der Waals surface area contributed by atoms with E-state index in [1.54, 1.807) is 24.3 Å². The van der Waals surface area contributed by atoms with Crippen molar-refractivity contribution in [1.29, 1.82) is 0 Å². The number of anilines is 1. The van der Waals surface area contributed by atoms with Gasteiger partial charge in [0.15, 0.2) is 5.16 Å². The van der Waals surface area contributed by atoms with Crippen LogP contribution in [0.2, 0.25) is 0 Å². The largest absolute Gasteiger partial charge is 0.493 e. The summed E-state index contributed by atoms with van der Waals surface area (Å²) in [4.78, 5) is 30.3. The smallest absolute Gasteiger partial charge is 0.255 e. The molecule has 0 aliphatic carbocycles. The Kier molecular flexibility index (Phi) is 6.33. The zero-order chi connectivity index (χ0) is 19.9. The number of hydrogen-bond donors (Lipinski definition) is 3. The Morgan fingerprint density at radius 1 is 1.18 bits per heavy atom. The molecule has 7 nitrogen and oxygen atoms in total. The summed E-state index contributed by atoms with van der Waals surface area (Å²) in [5, 5.41) is 12.0. The molecule has 2 aromatic carbocycles. The normalized spacial score (nSPS) is 11.6. The summed E-state index contributed by atoms with van der Waals surface area (Å²) in [6.45, 7) is 1.86. The van der Waals surface area contributed by atoms with Gasteiger partial charge in [-0.3, -0.25) is 9.59 Å². The third kappa shape index (κ3) is 5.37. The third-order valence-corrected chi connectivity index (χ3v) is 4.97. The third-order valence-electron chi connectivity index (χ3n) is 3.72. The number of aromatic nitrogens is 2. The van der Waals surface area contributed by atoms with Crippen molar-refractivity contribution in [2.45, 2.75) is 23.8 Å². The van der Waals surface area contributed by atoms with Crippen molar-refractivity contribution < 1.29 is 14.6 Å². The number of ether oxygens (including phenoxy) is 1. The second-order valence-corrected chi connectivity index (χ2v) is 7.04. The van der Waals surface area contributed by atoms with E-state index < -0.39 is 10.8 Å². The van der Waals surface area contributed by atoms with E-state index >= 15 is 0 Å². The molecule has 0 bridgehead atoms. The van der Waals surface area contributed by atoms with Crippen LogP contribution in [0.5, 0.6) is 17.4 Å². The summed E-state index contributed by atoms with van der Waals surface area (Å²) in [7, 11) is 0. The van der Waals surface area contributed by atoms with Crippen molar-refractivity contribution in [2.75, 3.05) is 5.32 Å². The highest BCUT2D eigenvalue weighted by Crippen LogP contribution is 2.25. The molecule has 0 fully saturated rings. The maximum absolute atomic E-state index is 12.5. The van der Waals surface area contributed by atoms with Crippen LogP contribution in [0.25, 0.3) is 0 Å². The second kappa shape index (κ2) is 9.09. The van der Waals surface area contributed by atoms with Gasteiger partial charge in [-0.1, -0.05) is 36.9 Å². The SMILES string of the molecule is CCC(Sc1nc(O)cc(=O)[nH]1)C(=O)Nc1ccc(Oc2ccccc2)cc1. The van der Waals surface area contributed by atoms with Crippen molar-refractivity contribution in [3.63, 3.8) is 0 Å². The van der Waals surface area contributed by atoms with E-state index in [-0.39, 0.29) is 16.9 Å². The molecule has 1 amide bonds. The van der Waals surface area contributed by atoms with Gasteiger partial charge in [0.25, 0.3) is 5.56 Å². The molecule has 144 valence electrons. The van der Waals surface area contributed by atoms with E-state index in [0.717, 1.165) is 23.6 Å². The monoisotopic (exact) mass is 397 g/mol. The van der Waals surface area contributed by atoms with E-state index in [1.807, 2.05) is 37.3 Å². The fraction of sp³-hybridized carbons (Fsp3) is 0.150. The summed E-state index contributed by atoms with van der Waals surface area (Å²) in [5.41, 5.74) is 0.154. The van der Waals surface area contributed by atoms with Gasteiger partial charge in [0.2, 0.25) is 11.8 Å². The Morgan fingerprint density at radius 2 is 1.86 bits per heavy atom. The lowest BCUT2D eigenvalue weighted by Gasteiger charge is -2.14. The maximum atomic E-state index is 12.5.